The molecule has 2 bridgehead atoms. The molecule has 3 saturated heterocycles. The van der Waals surface area contributed by atoms with Gasteiger partial charge in [0.2, 0.25) is 11.8 Å². The van der Waals surface area contributed by atoms with Crippen molar-refractivity contribution in [3.8, 4) is 0 Å². The van der Waals surface area contributed by atoms with Crippen LogP contribution in [0.3, 0.4) is 0 Å². The smallest absolute Gasteiger partial charge is 0.311 e. The first-order valence-electron chi connectivity index (χ1n) is 11.3. The van der Waals surface area contributed by atoms with E-state index < -0.39 is 38.9 Å². The molecule has 5 atom stereocenters. The minimum Gasteiger partial charge on any atom is -0.461 e. The van der Waals surface area contributed by atoms with E-state index in [0.717, 1.165) is 6.42 Å². The van der Waals surface area contributed by atoms with Gasteiger partial charge in [-0.2, -0.15) is 0 Å². The van der Waals surface area contributed by atoms with E-state index in [-0.39, 0.29) is 31.6 Å². The lowest BCUT2D eigenvalue weighted by molar-refractivity contribution is -0.154. The van der Waals surface area contributed by atoms with E-state index in [1.807, 2.05) is 27.7 Å². The number of hydrogen-bond acceptors (Lipinski definition) is 6. The maximum Gasteiger partial charge on any atom is 0.311 e. The number of aliphatic hydroxyl groups excluding tert-OH is 1. The lowest BCUT2D eigenvalue weighted by Gasteiger charge is -2.42. The molecule has 1 spiro atoms. The summed E-state index contributed by atoms with van der Waals surface area (Å²) in [5, 5.41) is 9.44. The number of thioether (sulfide) groups is 1. The van der Waals surface area contributed by atoms with Gasteiger partial charge < -0.3 is 19.6 Å². The molecule has 0 radical (unpaired) electrons. The summed E-state index contributed by atoms with van der Waals surface area (Å²) >= 11 is 1.62. The van der Waals surface area contributed by atoms with E-state index in [9.17, 15) is 19.5 Å². The van der Waals surface area contributed by atoms with Crippen LogP contribution in [0.2, 0.25) is 0 Å². The van der Waals surface area contributed by atoms with Crippen molar-refractivity contribution in [3.05, 3.63) is 25.3 Å². The molecule has 2 unspecified atom stereocenters. The molecular weight excluding hydrogens is 428 g/mol. The highest BCUT2D eigenvalue weighted by atomic mass is 32.2. The van der Waals surface area contributed by atoms with Gasteiger partial charge in [0.05, 0.1) is 16.6 Å². The molecule has 32 heavy (non-hydrogen) atoms. The molecule has 7 nitrogen and oxygen atoms in total. The van der Waals surface area contributed by atoms with E-state index in [4.69, 9.17) is 4.74 Å². The molecular formula is C24H36N2O5S. The van der Waals surface area contributed by atoms with Gasteiger partial charge in [0.1, 0.15) is 12.6 Å². The van der Waals surface area contributed by atoms with Crippen molar-refractivity contribution in [3.63, 3.8) is 0 Å². The summed E-state index contributed by atoms with van der Waals surface area (Å²) in [5.41, 5.74) is -0.459. The molecule has 2 amide bonds. The second kappa shape index (κ2) is 8.86. The number of fused-ring (bicyclic) bond motifs is 1. The second-order valence-corrected chi connectivity index (χ2v) is 12.1. The Morgan fingerprint density at radius 3 is 2.56 bits per heavy atom. The summed E-state index contributed by atoms with van der Waals surface area (Å²) < 4.78 is 4.28. The Hall–Kier alpha value is -1.80. The molecule has 0 aliphatic carbocycles. The van der Waals surface area contributed by atoms with Gasteiger partial charge in [-0.05, 0) is 47.0 Å². The van der Waals surface area contributed by atoms with Crippen LogP contribution in [0.1, 0.15) is 47.0 Å². The topological polar surface area (TPSA) is 87.1 Å². The maximum atomic E-state index is 14.1. The fraction of sp³-hybridized carbons (Fsp3) is 0.708. The third-order valence-corrected chi connectivity index (χ3v) is 9.04. The Morgan fingerprint density at radius 1 is 1.31 bits per heavy atom. The zero-order valence-corrected chi connectivity index (χ0v) is 20.5. The van der Waals surface area contributed by atoms with Gasteiger partial charge >= 0.3 is 5.97 Å². The van der Waals surface area contributed by atoms with Crippen LogP contribution in [-0.4, -0.2) is 80.1 Å². The molecule has 0 saturated carbocycles. The highest BCUT2D eigenvalue weighted by Gasteiger charge is 2.77. The van der Waals surface area contributed by atoms with E-state index in [0.29, 0.717) is 19.4 Å². The number of rotatable bonds is 9. The van der Waals surface area contributed by atoms with Gasteiger partial charge in [0.25, 0.3) is 0 Å². The van der Waals surface area contributed by atoms with Crippen molar-refractivity contribution in [2.24, 2.45) is 11.8 Å². The quantitative estimate of drug-likeness (QED) is 0.417. The molecule has 3 heterocycles. The first-order valence-corrected chi connectivity index (χ1v) is 12.1. The summed E-state index contributed by atoms with van der Waals surface area (Å²) in [4.78, 5) is 44.3. The number of ether oxygens (including phenoxy) is 1. The van der Waals surface area contributed by atoms with E-state index >= 15 is 0 Å². The molecule has 0 aromatic rings. The van der Waals surface area contributed by atoms with Crippen molar-refractivity contribution >= 4 is 29.5 Å². The molecule has 3 aliphatic rings. The number of amides is 2. The Balaban J connectivity index is 2.07. The Morgan fingerprint density at radius 2 is 2.00 bits per heavy atom. The number of hydrogen-bond donors (Lipinski definition) is 1. The number of carbonyl (C=O) groups excluding carboxylic acids is 3. The van der Waals surface area contributed by atoms with Crippen LogP contribution < -0.4 is 0 Å². The minimum absolute atomic E-state index is 0.0757. The zero-order valence-electron chi connectivity index (χ0n) is 19.6. The van der Waals surface area contributed by atoms with E-state index in [2.05, 4.69) is 13.2 Å². The molecule has 1 N–H and O–H groups in total. The summed E-state index contributed by atoms with van der Waals surface area (Å²) in [6.45, 7) is 16.0. The zero-order chi connectivity index (χ0) is 23.9. The standard InChI is InChI=1S/C24H36N2O5S/c1-7-12-26(22(3,4)5)20(29)18-24-11-10-23(6,32-24)17(21(30)31-15-8-2)16(24)19(28)25(18)13-9-14-27/h7-8,16-18,27H,1-2,9-15H2,3-6H3/t16-,17+,18?,23-,24?/m0/s1. The Kier molecular flexibility index (Phi) is 6.87. The normalized spacial score (nSPS) is 33.2. The van der Waals surface area contributed by atoms with Gasteiger partial charge in [0.15, 0.2) is 0 Å². The molecule has 0 aromatic carbocycles. The predicted molar refractivity (Wildman–Crippen MR) is 125 cm³/mol. The summed E-state index contributed by atoms with van der Waals surface area (Å²) in [7, 11) is 0. The van der Waals surface area contributed by atoms with Gasteiger partial charge in [-0.25, -0.2) is 0 Å². The largest absolute Gasteiger partial charge is 0.461 e. The highest BCUT2D eigenvalue weighted by molar-refractivity contribution is 8.02. The number of carbonyl (C=O) groups is 3. The van der Waals surface area contributed by atoms with Crippen molar-refractivity contribution in [2.75, 3.05) is 26.3 Å². The second-order valence-electron chi connectivity index (χ2n) is 10.2. The average molecular weight is 465 g/mol. The van der Waals surface area contributed by atoms with Crippen LogP contribution in [0.4, 0.5) is 0 Å². The molecule has 178 valence electrons. The van der Waals surface area contributed by atoms with Crippen LogP contribution in [0.25, 0.3) is 0 Å². The molecule has 3 fully saturated rings. The molecule has 3 aliphatic heterocycles. The third-order valence-electron chi connectivity index (χ3n) is 7.05. The first kappa shape index (κ1) is 24.8. The predicted octanol–water partition coefficient (Wildman–Crippen LogP) is 2.39. The van der Waals surface area contributed by atoms with Crippen LogP contribution in [0.5, 0.6) is 0 Å². The van der Waals surface area contributed by atoms with Gasteiger partial charge in [-0.15, -0.1) is 18.3 Å². The van der Waals surface area contributed by atoms with Crippen LogP contribution in [-0.2, 0) is 19.1 Å². The number of nitrogens with zero attached hydrogens (tertiary/aromatic N) is 2. The molecule has 3 rings (SSSR count). The number of likely N-dealkylation sites (tertiary alicyclic amines) is 1. The lowest BCUT2D eigenvalue weighted by Crippen LogP contribution is -2.58. The summed E-state index contributed by atoms with van der Waals surface area (Å²) in [5.74, 6) is -1.91. The highest BCUT2D eigenvalue weighted by Crippen LogP contribution is 2.71. The summed E-state index contributed by atoms with van der Waals surface area (Å²) in [6, 6.07) is -0.685. The van der Waals surface area contributed by atoms with Crippen LogP contribution in [0, 0.1) is 11.8 Å². The Bertz CT molecular complexity index is 809. The summed E-state index contributed by atoms with van der Waals surface area (Å²) in [6.07, 6.45) is 5.02. The van der Waals surface area contributed by atoms with Crippen molar-refractivity contribution in [1.82, 2.24) is 9.80 Å². The fourth-order valence-corrected chi connectivity index (χ4v) is 8.09. The van der Waals surface area contributed by atoms with Gasteiger partial charge in [-0.3, -0.25) is 14.4 Å². The third kappa shape index (κ3) is 3.79. The van der Waals surface area contributed by atoms with Gasteiger partial charge in [0, 0.05) is 30.0 Å². The van der Waals surface area contributed by atoms with E-state index in [1.54, 1.807) is 27.6 Å². The van der Waals surface area contributed by atoms with E-state index in [1.165, 1.54) is 6.08 Å². The van der Waals surface area contributed by atoms with Crippen molar-refractivity contribution < 1.29 is 24.2 Å². The Labute approximate surface area is 195 Å². The van der Waals surface area contributed by atoms with Gasteiger partial charge in [-0.1, -0.05) is 18.7 Å². The SMILES string of the molecule is C=CCOC(=O)[C@H]1[C@H]2C(=O)N(CCCO)C(C(=O)N(CC=C)C(C)(C)C)C23CC[C@]1(C)S3. The minimum atomic E-state index is -0.685. The maximum absolute atomic E-state index is 14.1. The molecule has 0 aromatic heterocycles. The van der Waals surface area contributed by atoms with Crippen LogP contribution in [0.15, 0.2) is 25.3 Å². The first-order chi connectivity index (χ1) is 15.0. The average Bonchev–Trinajstić information content (AvgIpc) is 3.28. The molecule has 8 heteroatoms. The number of aliphatic hydroxyl groups is 1. The van der Waals surface area contributed by atoms with Crippen LogP contribution >= 0.6 is 11.8 Å². The fourth-order valence-electron chi connectivity index (χ4n) is 5.75. The monoisotopic (exact) mass is 464 g/mol. The number of esters is 1. The van der Waals surface area contributed by atoms with Crippen molar-refractivity contribution in [1.29, 1.82) is 0 Å². The lowest BCUT2D eigenvalue weighted by atomic mass is 9.66. The van der Waals surface area contributed by atoms with Crippen molar-refractivity contribution in [2.45, 2.75) is 68.0 Å².